The summed E-state index contributed by atoms with van der Waals surface area (Å²) in [7, 11) is 0. The van der Waals surface area contributed by atoms with Crippen molar-refractivity contribution in [3.05, 3.63) is 143 Å². The average molecular weight is 1570 g/mol. The van der Waals surface area contributed by atoms with Gasteiger partial charge in [-0.25, -0.2) is 0 Å². The number of unbranched alkanes of at least 4 members (excludes halogenated alkanes) is 2. The molecule has 6 rings (SSSR count). The van der Waals surface area contributed by atoms with E-state index in [-0.39, 0.29) is 76.0 Å². The number of phenols is 1. The zero-order chi connectivity index (χ0) is 81.7. The van der Waals surface area contributed by atoms with Gasteiger partial charge >= 0.3 is 0 Å². The van der Waals surface area contributed by atoms with Crippen molar-refractivity contribution < 1.29 is 63.0 Å². The van der Waals surface area contributed by atoms with Crippen LogP contribution in [0.4, 0.5) is 0 Å². The lowest BCUT2D eigenvalue weighted by molar-refractivity contribution is -0.142. The quantitative estimate of drug-likeness (QED) is 0.0151. The minimum absolute atomic E-state index is 0.0365. The van der Waals surface area contributed by atoms with Gasteiger partial charge in [0.1, 0.15) is 66.2 Å². The second-order valence-corrected chi connectivity index (χ2v) is 28.5. The van der Waals surface area contributed by atoms with Crippen molar-refractivity contribution in [1.29, 1.82) is 0 Å². The third kappa shape index (κ3) is 30.4. The SMILES string of the molecule is CCNC(=NCCCC[C@H](NC(=O)[C@H](CC(C)C)NC(=O)[C@@H](CCCCN=C(NCC)NCC)NC(=O)[C@H](Cc1ccc(O)cc1)NC(=O)[C@H](CO)NC(=O)[C@@H](Cc1cccnc1)NC(=O)[C@H](Cc1ccc(Cl)cc1)NC(=O)[C@@H](Cc1ccc2ccccc2c1)NC(C)=O)C(=O)N1CCC[C@H]1C(=O)N[C@H](C)C(N)=O)NCC. The Morgan fingerprint density at radius 3 is 1.47 bits per heavy atom. The van der Waals surface area contributed by atoms with E-state index < -0.39 is 132 Å². The Morgan fingerprint density at radius 1 is 0.518 bits per heavy atom. The Bertz CT molecular complexity index is 3970. The summed E-state index contributed by atoms with van der Waals surface area (Å²) in [4.78, 5) is 172. The van der Waals surface area contributed by atoms with Crippen molar-refractivity contribution in [3.63, 3.8) is 0 Å². The number of benzene rings is 4. The first-order valence-corrected chi connectivity index (χ1v) is 38.9. The second kappa shape index (κ2) is 47.3. The Hall–Kier alpha value is -10.9. The van der Waals surface area contributed by atoms with Gasteiger partial charge in [0.05, 0.1) is 6.61 Å². The standard InChI is InChI=1S/C80H113ClN18O13/c1-9-84-79(85-10-2)88-38-17-15-24-60(70(104)94-62(41-49(5)6)71(105)93-61(25-16-18-39-89-80(86-11-3)87-12-4)78(112)99-40-20-26-68(99)77(111)90-50(7)69(82)103)92-73(107)64(44-53-30-35-59(102)36-31-53)97-76(110)67(48-100)98-75(109)66(46-55-21-19-37-83-47-55)96-74(108)65(43-52-28-33-58(81)34-29-52)95-72(106)63(91-51(8)101)45-54-27-32-56-22-13-14-23-57(56)42-54/h13-14,19,21-23,27-37,42,47,49-50,60-68,100,102H,9-12,15-18,20,24-26,38-41,43-46,48H2,1-8H3,(H2,82,103)(H,90,111)(H,91,101)(H,92,107)(H,93,105)(H,94,104)(H,95,106)(H,96,108)(H,97,110)(H,98,109)(H2,84,85,88)(H2,86,87,89)/t50-,60-,61+,62+,63-,64+,65+,66-,67+,68+/m1/s1. The number of fused-ring (bicyclic) bond motifs is 1. The number of aliphatic hydroxyl groups excluding tert-OH is 1. The van der Waals surface area contributed by atoms with Crippen molar-refractivity contribution in [2.75, 3.05) is 52.4 Å². The van der Waals surface area contributed by atoms with Gasteiger partial charge < -0.3 is 90.0 Å². The van der Waals surface area contributed by atoms with E-state index in [0.717, 1.165) is 10.8 Å². The van der Waals surface area contributed by atoms with E-state index in [2.05, 4.69) is 84.1 Å². The van der Waals surface area contributed by atoms with Gasteiger partial charge in [-0.15, -0.1) is 0 Å². The van der Waals surface area contributed by atoms with E-state index >= 15 is 9.59 Å². The predicted molar refractivity (Wildman–Crippen MR) is 429 cm³/mol. The van der Waals surface area contributed by atoms with Crippen molar-refractivity contribution >= 4 is 99.3 Å². The molecular weight excluding hydrogens is 1460 g/mol. The molecule has 11 amide bonds. The summed E-state index contributed by atoms with van der Waals surface area (Å²) < 4.78 is 0. The van der Waals surface area contributed by atoms with Gasteiger partial charge in [0, 0.05) is 95.8 Å². The largest absolute Gasteiger partial charge is 0.508 e. The van der Waals surface area contributed by atoms with Crippen LogP contribution in [0, 0.1) is 5.92 Å². The van der Waals surface area contributed by atoms with Crippen LogP contribution in [0.15, 0.2) is 126 Å². The molecule has 5 aromatic rings. The monoisotopic (exact) mass is 1570 g/mol. The summed E-state index contributed by atoms with van der Waals surface area (Å²) in [5.74, 6) is -7.72. The molecule has 10 atom stereocenters. The Morgan fingerprint density at radius 2 is 0.964 bits per heavy atom. The van der Waals surface area contributed by atoms with Crippen molar-refractivity contribution in [3.8, 4) is 5.75 Å². The smallest absolute Gasteiger partial charge is 0.245 e. The number of nitrogens with one attached hydrogen (secondary N) is 13. The number of nitrogens with zero attached hydrogens (tertiary/aromatic N) is 4. The first-order chi connectivity index (χ1) is 53.7. The molecule has 1 aromatic heterocycles. The third-order valence-corrected chi connectivity index (χ3v) is 18.7. The molecule has 112 heavy (non-hydrogen) atoms. The molecule has 2 heterocycles. The van der Waals surface area contributed by atoms with Gasteiger partial charge in [-0.05, 0) is 162 Å². The molecular formula is C80H113ClN18O13. The highest BCUT2D eigenvalue weighted by Crippen LogP contribution is 2.23. The second-order valence-electron chi connectivity index (χ2n) is 28.0. The molecule has 0 radical (unpaired) electrons. The van der Waals surface area contributed by atoms with E-state index in [4.69, 9.17) is 17.3 Å². The highest BCUT2D eigenvalue weighted by Gasteiger charge is 2.40. The number of aliphatic imine (C=N–C) groups is 2. The summed E-state index contributed by atoms with van der Waals surface area (Å²) in [6.45, 7) is 16.3. The minimum Gasteiger partial charge on any atom is -0.508 e. The molecule has 32 heteroatoms. The molecule has 0 unspecified atom stereocenters. The first-order valence-electron chi connectivity index (χ1n) is 38.6. The number of aliphatic hydroxyl groups is 1. The zero-order valence-electron chi connectivity index (χ0n) is 65.3. The van der Waals surface area contributed by atoms with Gasteiger partial charge in [-0.1, -0.05) is 98.2 Å². The number of guanidine groups is 2. The number of aromatic hydroxyl groups is 1. The van der Waals surface area contributed by atoms with Crippen LogP contribution in [0.5, 0.6) is 5.75 Å². The Balaban J connectivity index is 1.29. The number of pyridine rings is 1. The first kappa shape index (κ1) is 89.9. The van der Waals surface area contributed by atoms with Crippen molar-refractivity contribution in [2.45, 2.75) is 199 Å². The number of rotatable bonds is 44. The molecule has 17 N–H and O–H groups in total. The van der Waals surface area contributed by atoms with Crippen LogP contribution in [0.2, 0.25) is 5.02 Å². The molecule has 0 bridgehead atoms. The summed E-state index contributed by atoms with van der Waals surface area (Å²) in [5.41, 5.74) is 7.61. The number of primary amides is 1. The number of hydrogen-bond donors (Lipinski definition) is 16. The summed E-state index contributed by atoms with van der Waals surface area (Å²) in [5, 5.41) is 60.9. The van der Waals surface area contributed by atoms with Crippen LogP contribution in [0.1, 0.15) is 135 Å². The van der Waals surface area contributed by atoms with Gasteiger partial charge in [-0.2, -0.15) is 0 Å². The highest BCUT2D eigenvalue weighted by molar-refractivity contribution is 6.30. The van der Waals surface area contributed by atoms with E-state index in [1.807, 2.05) is 84.0 Å². The van der Waals surface area contributed by atoms with Crippen LogP contribution < -0.4 is 74.9 Å². The molecule has 0 spiro atoms. The zero-order valence-corrected chi connectivity index (χ0v) is 66.1. The van der Waals surface area contributed by atoms with Crippen LogP contribution >= 0.6 is 11.6 Å². The van der Waals surface area contributed by atoms with Crippen LogP contribution in [0.25, 0.3) is 10.8 Å². The van der Waals surface area contributed by atoms with Crippen LogP contribution in [-0.4, -0.2) is 210 Å². The molecule has 1 aliphatic rings. The van der Waals surface area contributed by atoms with Crippen LogP contribution in [-0.2, 0) is 78.4 Å². The third-order valence-electron chi connectivity index (χ3n) is 18.5. The lowest BCUT2D eigenvalue weighted by Gasteiger charge is -2.31. The van der Waals surface area contributed by atoms with Crippen LogP contribution in [0.3, 0.4) is 0 Å². The molecule has 1 saturated heterocycles. The molecule has 1 fully saturated rings. The number of phenolic OH excluding ortho intramolecular Hbond substituents is 1. The van der Waals surface area contributed by atoms with Gasteiger partial charge in [0.15, 0.2) is 11.9 Å². The van der Waals surface area contributed by atoms with Gasteiger partial charge in [-0.3, -0.25) is 67.7 Å². The number of aromatic nitrogens is 1. The fourth-order valence-electron chi connectivity index (χ4n) is 12.7. The van der Waals surface area contributed by atoms with Gasteiger partial charge in [0.25, 0.3) is 0 Å². The van der Waals surface area contributed by atoms with Gasteiger partial charge in [0.2, 0.25) is 65.0 Å². The Kier molecular flexibility index (Phi) is 38.0. The molecule has 4 aromatic carbocycles. The molecule has 31 nitrogen and oxygen atoms in total. The fraction of sp³-hybridized carbons (Fsp3) is 0.500. The predicted octanol–water partition coefficient (Wildman–Crippen LogP) is 2.27. The topological polar surface area (TPSA) is 451 Å². The van der Waals surface area contributed by atoms with E-state index in [9.17, 15) is 53.4 Å². The maximum Gasteiger partial charge on any atom is 0.245 e. The molecule has 0 saturated carbocycles. The minimum atomic E-state index is -1.82. The highest BCUT2D eigenvalue weighted by atomic mass is 35.5. The number of likely N-dealkylation sites (tertiary alicyclic amines) is 1. The molecule has 608 valence electrons. The molecule has 0 aliphatic carbocycles. The van der Waals surface area contributed by atoms with E-state index in [0.29, 0.717) is 104 Å². The average Bonchev–Trinajstić information content (AvgIpc) is 1.06. The maximum atomic E-state index is 15.2. The fourth-order valence-corrected chi connectivity index (χ4v) is 12.8. The number of nitrogens with two attached hydrogens (primary N) is 1. The van der Waals surface area contributed by atoms with Crippen molar-refractivity contribution in [2.24, 2.45) is 21.6 Å². The van der Waals surface area contributed by atoms with Crippen molar-refractivity contribution in [1.82, 2.24) is 79.0 Å². The lowest BCUT2D eigenvalue weighted by atomic mass is 9.99. The number of carbonyl (C=O) groups excluding carboxylic acids is 11. The van der Waals surface area contributed by atoms with E-state index in [1.165, 1.54) is 55.4 Å². The summed E-state index contributed by atoms with van der Waals surface area (Å²) in [6, 6.07) is 15.3. The van der Waals surface area contributed by atoms with E-state index in [1.54, 1.807) is 36.4 Å². The summed E-state index contributed by atoms with van der Waals surface area (Å²) in [6.07, 6.45) is 4.77. The Labute approximate surface area is 660 Å². The maximum absolute atomic E-state index is 15.2. The number of carbonyl (C=O) groups is 11. The normalized spacial score (nSPS) is 14.8. The number of halogens is 1. The number of amides is 11. The number of hydrogen-bond acceptors (Lipinski definition) is 16. The summed E-state index contributed by atoms with van der Waals surface area (Å²) >= 11 is 6.26. The lowest BCUT2D eigenvalue weighted by Crippen LogP contribution is -2.61. The molecule has 1 aliphatic heterocycles.